The lowest BCUT2D eigenvalue weighted by Crippen LogP contribution is -2.42. The van der Waals surface area contributed by atoms with Crippen molar-refractivity contribution in [3.8, 4) is 0 Å². The molecule has 108 valence electrons. The fourth-order valence-corrected chi connectivity index (χ4v) is 4.95. The van der Waals surface area contributed by atoms with E-state index in [4.69, 9.17) is 0 Å². The third-order valence-corrected chi connectivity index (χ3v) is 6.41. The van der Waals surface area contributed by atoms with E-state index >= 15 is 0 Å². The van der Waals surface area contributed by atoms with Gasteiger partial charge in [-0.3, -0.25) is 4.79 Å². The van der Waals surface area contributed by atoms with E-state index in [1.165, 1.54) is 0 Å². The summed E-state index contributed by atoms with van der Waals surface area (Å²) in [6.07, 6.45) is 3.39. The smallest absolute Gasteiger partial charge is 0.305 e. The minimum Gasteiger partial charge on any atom is -0.391 e. The molecule has 1 aromatic rings. The summed E-state index contributed by atoms with van der Waals surface area (Å²) < 4.78 is 27.0. The van der Waals surface area contributed by atoms with Crippen molar-refractivity contribution in [2.24, 2.45) is 0 Å². The van der Waals surface area contributed by atoms with E-state index in [9.17, 15) is 18.3 Å². The maximum atomic E-state index is 12.2. The molecule has 0 bridgehead atoms. The van der Waals surface area contributed by atoms with Crippen LogP contribution in [0.4, 0.5) is 0 Å². The highest BCUT2D eigenvalue weighted by molar-refractivity contribution is 7.91. The van der Waals surface area contributed by atoms with Gasteiger partial charge < -0.3 is 10.1 Å². The second-order valence-corrected chi connectivity index (χ2v) is 7.75. The highest BCUT2D eigenvalue weighted by Crippen LogP contribution is 2.22. The van der Waals surface area contributed by atoms with Gasteiger partial charge in [-0.05, 0) is 19.8 Å². The first-order valence-electron chi connectivity index (χ1n) is 6.30. The van der Waals surface area contributed by atoms with Crippen LogP contribution in [-0.2, 0) is 10.0 Å². The summed E-state index contributed by atoms with van der Waals surface area (Å²) in [4.78, 5) is 13.3. The molecular weight excluding hydrogens is 288 g/mol. The summed E-state index contributed by atoms with van der Waals surface area (Å²) in [6, 6.07) is -0.468. The van der Waals surface area contributed by atoms with Crippen LogP contribution in [0.5, 0.6) is 0 Å². The predicted octanol–water partition coefficient (Wildman–Crippen LogP) is 0.717. The Morgan fingerprint density at radius 3 is 2.63 bits per heavy atom. The maximum Gasteiger partial charge on any atom is 0.305 e. The van der Waals surface area contributed by atoms with E-state index in [0.29, 0.717) is 29.9 Å². The molecule has 6 nitrogen and oxygen atoms in total. The molecule has 1 aliphatic carbocycles. The van der Waals surface area contributed by atoms with Crippen molar-refractivity contribution in [2.75, 3.05) is 0 Å². The molecule has 1 fully saturated rings. The van der Waals surface area contributed by atoms with Gasteiger partial charge in [-0.25, -0.2) is 13.1 Å². The Bertz CT molecular complexity index is 590. The zero-order chi connectivity index (χ0) is 14.0. The molecule has 0 radical (unpaired) electrons. The molecule has 0 spiro atoms. The molecule has 19 heavy (non-hydrogen) atoms. The number of aryl methyl sites for hydroxylation is 1. The molecule has 2 atom stereocenters. The van der Waals surface area contributed by atoms with Crippen molar-refractivity contribution < 1.29 is 13.5 Å². The van der Waals surface area contributed by atoms with Gasteiger partial charge in [-0.2, -0.15) is 0 Å². The van der Waals surface area contributed by atoms with E-state index in [-0.39, 0.29) is 9.08 Å². The highest BCUT2D eigenvalue weighted by Gasteiger charge is 2.29. The Balaban J connectivity index is 2.21. The summed E-state index contributed by atoms with van der Waals surface area (Å²) >= 11 is 0.673. The highest BCUT2D eigenvalue weighted by atomic mass is 32.2. The molecule has 0 amide bonds. The topological polar surface area (TPSA) is 99.3 Å². The van der Waals surface area contributed by atoms with Crippen molar-refractivity contribution in [3.05, 3.63) is 15.4 Å². The first-order valence-corrected chi connectivity index (χ1v) is 8.60. The number of aromatic amines is 1. The SMILES string of the molecule is Cc1[nH]c(=O)sc1S(=O)(=O)NC1CCCCCC1O. The summed E-state index contributed by atoms with van der Waals surface area (Å²) in [5.41, 5.74) is 0.339. The zero-order valence-electron chi connectivity index (χ0n) is 10.7. The number of hydrogen-bond donors (Lipinski definition) is 3. The fourth-order valence-electron chi connectivity index (χ4n) is 2.33. The van der Waals surface area contributed by atoms with Crippen LogP contribution in [0.1, 0.15) is 37.8 Å². The van der Waals surface area contributed by atoms with E-state index in [1.54, 1.807) is 6.92 Å². The van der Waals surface area contributed by atoms with Crippen LogP contribution in [-0.4, -0.2) is 30.7 Å². The number of aliphatic hydroxyl groups is 1. The van der Waals surface area contributed by atoms with Crippen molar-refractivity contribution in [1.29, 1.82) is 0 Å². The Morgan fingerprint density at radius 1 is 1.32 bits per heavy atom. The summed E-state index contributed by atoms with van der Waals surface area (Å²) in [6.45, 7) is 1.55. The van der Waals surface area contributed by atoms with Crippen LogP contribution in [0.2, 0.25) is 0 Å². The number of nitrogens with one attached hydrogen (secondary N) is 2. The number of thiazole rings is 1. The molecule has 2 rings (SSSR count). The number of aliphatic hydroxyl groups excluding tert-OH is 1. The first-order chi connectivity index (χ1) is 8.90. The Labute approximate surface area is 115 Å². The van der Waals surface area contributed by atoms with Crippen molar-refractivity contribution in [2.45, 2.75) is 55.4 Å². The molecule has 3 N–H and O–H groups in total. The fraction of sp³-hybridized carbons (Fsp3) is 0.727. The summed E-state index contributed by atoms with van der Waals surface area (Å²) in [5, 5.41) is 9.94. The number of hydrogen-bond acceptors (Lipinski definition) is 5. The number of sulfonamides is 1. The molecule has 0 saturated heterocycles. The average molecular weight is 306 g/mol. The molecule has 1 heterocycles. The molecule has 1 aromatic heterocycles. The van der Waals surface area contributed by atoms with Gasteiger partial charge in [0.15, 0.2) is 4.21 Å². The number of rotatable bonds is 3. The minimum absolute atomic E-state index is 0.00828. The van der Waals surface area contributed by atoms with Gasteiger partial charge in [0.05, 0.1) is 6.10 Å². The van der Waals surface area contributed by atoms with Crippen molar-refractivity contribution >= 4 is 21.4 Å². The van der Waals surface area contributed by atoms with E-state index < -0.39 is 22.2 Å². The maximum absolute atomic E-state index is 12.2. The third-order valence-electron chi connectivity index (χ3n) is 3.31. The van der Waals surface area contributed by atoms with Gasteiger partial charge in [0.1, 0.15) is 0 Å². The lowest BCUT2D eigenvalue weighted by Gasteiger charge is -2.21. The van der Waals surface area contributed by atoms with Crippen LogP contribution in [0.3, 0.4) is 0 Å². The zero-order valence-corrected chi connectivity index (χ0v) is 12.3. The molecule has 2 unspecified atom stereocenters. The number of aromatic nitrogens is 1. The largest absolute Gasteiger partial charge is 0.391 e. The quantitative estimate of drug-likeness (QED) is 0.716. The second-order valence-electron chi connectivity index (χ2n) is 4.86. The van der Waals surface area contributed by atoms with Gasteiger partial charge in [0, 0.05) is 11.7 Å². The van der Waals surface area contributed by atoms with Gasteiger partial charge in [0.25, 0.3) is 10.0 Å². The van der Waals surface area contributed by atoms with Gasteiger partial charge in [0.2, 0.25) is 0 Å². The molecule has 0 aromatic carbocycles. The van der Waals surface area contributed by atoms with Crippen molar-refractivity contribution in [1.82, 2.24) is 9.71 Å². The third kappa shape index (κ3) is 3.44. The lowest BCUT2D eigenvalue weighted by molar-refractivity contribution is 0.130. The monoisotopic (exact) mass is 306 g/mol. The Morgan fingerprint density at radius 2 is 2.00 bits per heavy atom. The van der Waals surface area contributed by atoms with Crippen LogP contribution in [0, 0.1) is 6.92 Å². The molecule has 0 aliphatic heterocycles. The van der Waals surface area contributed by atoms with Crippen LogP contribution in [0.15, 0.2) is 9.00 Å². The predicted molar refractivity (Wildman–Crippen MR) is 72.9 cm³/mol. The van der Waals surface area contributed by atoms with E-state index in [0.717, 1.165) is 19.3 Å². The summed E-state index contributed by atoms with van der Waals surface area (Å²) in [5.74, 6) is 0. The lowest BCUT2D eigenvalue weighted by atomic mass is 10.1. The Hall–Kier alpha value is -0.700. The van der Waals surface area contributed by atoms with Gasteiger partial charge in [-0.15, -0.1) is 0 Å². The minimum atomic E-state index is -3.74. The normalized spacial score (nSPS) is 25.2. The van der Waals surface area contributed by atoms with E-state index in [2.05, 4.69) is 9.71 Å². The van der Waals surface area contributed by atoms with Crippen LogP contribution >= 0.6 is 11.3 Å². The molecule has 1 saturated carbocycles. The van der Waals surface area contributed by atoms with Crippen LogP contribution in [0.25, 0.3) is 0 Å². The Kier molecular flexibility index (Phi) is 4.44. The summed E-state index contributed by atoms with van der Waals surface area (Å²) in [7, 11) is -3.74. The first kappa shape index (κ1) is 14.7. The van der Waals surface area contributed by atoms with Crippen LogP contribution < -0.4 is 9.60 Å². The second kappa shape index (κ2) is 5.74. The molecular formula is C11H18N2O4S2. The van der Waals surface area contributed by atoms with Gasteiger partial charge >= 0.3 is 4.87 Å². The van der Waals surface area contributed by atoms with Crippen molar-refractivity contribution in [3.63, 3.8) is 0 Å². The molecule has 8 heteroatoms. The average Bonchev–Trinajstić information content (AvgIpc) is 2.54. The van der Waals surface area contributed by atoms with Gasteiger partial charge in [-0.1, -0.05) is 30.6 Å². The standard InChI is InChI=1S/C11H18N2O4S2/c1-7-10(18-11(15)12-7)19(16,17)13-8-5-3-2-4-6-9(8)14/h8-9,13-14H,2-6H2,1H3,(H,12,15). The molecule has 1 aliphatic rings. The number of H-pyrrole nitrogens is 1. The van der Waals surface area contributed by atoms with E-state index in [1.807, 2.05) is 0 Å².